The summed E-state index contributed by atoms with van der Waals surface area (Å²) in [5.74, 6) is -1.74. The maximum Gasteiger partial charge on any atom is 0.234 e. The number of aromatic nitrogens is 3. The molecule has 1 amide bonds. The normalized spacial score (nSPS) is 10.5. The summed E-state index contributed by atoms with van der Waals surface area (Å²) in [5, 5.41) is 10.0. The maximum absolute atomic E-state index is 13.0. The average Bonchev–Trinajstić information content (AvgIpc) is 2.83. The van der Waals surface area contributed by atoms with Crippen molar-refractivity contribution in [2.24, 2.45) is 5.73 Å². The van der Waals surface area contributed by atoms with Crippen LogP contribution in [-0.2, 0) is 11.3 Å². The van der Waals surface area contributed by atoms with E-state index in [1.807, 2.05) is 0 Å². The molecular weight excluding hydrogens is 256 g/mol. The van der Waals surface area contributed by atoms with Crippen molar-refractivity contribution in [3.8, 4) is 5.69 Å². The summed E-state index contributed by atoms with van der Waals surface area (Å²) < 4.78 is 27.3. The van der Waals surface area contributed by atoms with E-state index in [1.165, 1.54) is 10.9 Å². The summed E-state index contributed by atoms with van der Waals surface area (Å²) in [4.78, 5) is 11.0. The van der Waals surface area contributed by atoms with Gasteiger partial charge in [0.25, 0.3) is 0 Å². The lowest BCUT2D eigenvalue weighted by Crippen LogP contribution is -2.29. The molecule has 0 radical (unpaired) electrons. The van der Waals surface area contributed by atoms with E-state index in [0.29, 0.717) is 5.69 Å². The molecule has 0 saturated carbocycles. The summed E-state index contributed by atoms with van der Waals surface area (Å²) in [6.45, 7) is 0.0249. The second-order valence-corrected chi connectivity index (χ2v) is 3.76. The molecule has 2 aromatic rings. The number of nitrogens with one attached hydrogen (secondary N) is 1. The molecule has 100 valence electrons. The Morgan fingerprint density at radius 2 is 2.00 bits per heavy atom. The van der Waals surface area contributed by atoms with Gasteiger partial charge in [-0.05, 0) is 12.1 Å². The highest BCUT2D eigenvalue weighted by Gasteiger charge is 2.07. The summed E-state index contributed by atoms with van der Waals surface area (Å²) >= 11 is 0. The molecule has 3 N–H and O–H groups in total. The topological polar surface area (TPSA) is 85.8 Å². The van der Waals surface area contributed by atoms with Crippen molar-refractivity contribution in [2.75, 3.05) is 6.54 Å². The third kappa shape index (κ3) is 3.32. The summed E-state index contributed by atoms with van der Waals surface area (Å²) in [5.41, 5.74) is 5.79. The number of nitrogens with zero attached hydrogens (tertiary/aromatic N) is 3. The molecule has 1 aromatic carbocycles. The number of nitrogens with two attached hydrogens (primary N) is 1. The minimum atomic E-state index is -0.705. The Labute approximate surface area is 107 Å². The van der Waals surface area contributed by atoms with Crippen LogP contribution in [0.15, 0.2) is 24.4 Å². The molecule has 2 rings (SSSR count). The van der Waals surface area contributed by atoms with Crippen LogP contribution in [0.4, 0.5) is 8.78 Å². The average molecular weight is 267 g/mol. The molecule has 6 nitrogen and oxygen atoms in total. The first kappa shape index (κ1) is 13.1. The highest BCUT2D eigenvalue weighted by Crippen LogP contribution is 2.11. The molecule has 0 spiro atoms. The van der Waals surface area contributed by atoms with Gasteiger partial charge < -0.3 is 11.1 Å². The highest BCUT2D eigenvalue weighted by atomic mass is 19.1. The Bertz CT molecular complexity index is 578. The molecule has 0 aliphatic rings. The first-order valence-electron chi connectivity index (χ1n) is 5.43. The van der Waals surface area contributed by atoms with Crippen LogP contribution in [-0.4, -0.2) is 27.4 Å². The quantitative estimate of drug-likeness (QED) is 0.824. The van der Waals surface area contributed by atoms with Crippen LogP contribution in [0.25, 0.3) is 5.69 Å². The molecule has 0 bridgehead atoms. The number of rotatable bonds is 4. The number of benzene rings is 1. The first-order chi connectivity index (χ1) is 9.08. The van der Waals surface area contributed by atoms with E-state index in [-0.39, 0.29) is 24.7 Å². The number of hydrogen-bond acceptors (Lipinski definition) is 4. The second-order valence-electron chi connectivity index (χ2n) is 3.76. The molecule has 0 aliphatic heterocycles. The van der Waals surface area contributed by atoms with Gasteiger partial charge in [-0.15, -0.1) is 5.10 Å². The van der Waals surface area contributed by atoms with Gasteiger partial charge in [0, 0.05) is 6.07 Å². The minimum Gasteiger partial charge on any atom is -0.349 e. The number of halogens is 2. The molecule has 0 unspecified atom stereocenters. The van der Waals surface area contributed by atoms with Gasteiger partial charge in [-0.1, -0.05) is 5.21 Å². The van der Waals surface area contributed by atoms with Crippen molar-refractivity contribution >= 4 is 5.91 Å². The van der Waals surface area contributed by atoms with Crippen LogP contribution in [0, 0.1) is 11.6 Å². The Hall–Kier alpha value is -2.35. The highest BCUT2D eigenvalue weighted by molar-refractivity contribution is 5.77. The van der Waals surface area contributed by atoms with E-state index in [0.717, 1.165) is 18.2 Å². The number of hydrogen-bond donors (Lipinski definition) is 2. The lowest BCUT2D eigenvalue weighted by Gasteiger charge is -2.00. The maximum atomic E-state index is 13.0. The van der Waals surface area contributed by atoms with Gasteiger partial charge in [-0.2, -0.15) is 0 Å². The van der Waals surface area contributed by atoms with Crippen LogP contribution in [0.1, 0.15) is 5.69 Å². The molecule has 0 fully saturated rings. The third-order valence-corrected chi connectivity index (χ3v) is 2.30. The lowest BCUT2D eigenvalue weighted by atomic mass is 10.3. The standard InChI is InChI=1S/C11H11F2N5O/c12-7-1-8(13)3-10(2-7)18-6-9(16-17-18)5-15-11(19)4-14/h1-3,6H,4-5,14H2,(H,15,19). The molecule has 1 heterocycles. The zero-order valence-electron chi connectivity index (χ0n) is 9.81. The predicted octanol–water partition coefficient (Wildman–Crippen LogP) is 0.120. The van der Waals surface area contributed by atoms with Crippen LogP contribution in [0.5, 0.6) is 0 Å². The number of carbonyl (C=O) groups excluding carboxylic acids is 1. The predicted molar refractivity (Wildman–Crippen MR) is 62.2 cm³/mol. The molecule has 0 saturated heterocycles. The van der Waals surface area contributed by atoms with E-state index in [2.05, 4.69) is 15.6 Å². The fourth-order valence-electron chi connectivity index (χ4n) is 1.44. The monoisotopic (exact) mass is 267 g/mol. The lowest BCUT2D eigenvalue weighted by molar-refractivity contribution is -0.119. The largest absolute Gasteiger partial charge is 0.349 e. The Morgan fingerprint density at radius 3 is 2.63 bits per heavy atom. The van der Waals surface area contributed by atoms with Crippen molar-refractivity contribution in [3.63, 3.8) is 0 Å². The molecule has 1 aromatic heterocycles. The molecule has 0 aliphatic carbocycles. The molecular formula is C11H11F2N5O. The van der Waals surface area contributed by atoms with E-state index >= 15 is 0 Å². The van der Waals surface area contributed by atoms with Crippen molar-refractivity contribution in [1.29, 1.82) is 0 Å². The van der Waals surface area contributed by atoms with E-state index in [4.69, 9.17) is 5.73 Å². The van der Waals surface area contributed by atoms with Gasteiger partial charge in [0.1, 0.15) is 17.3 Å². The van der Waals surface area contributed by atoms with Gasteiger partial charge in [-0.3, -0.25) is 4.79 Å². The van der Waals surface area contributed by atoms with Crippen LogP contribution < -0.4 is 11.1 Å². The van der Waals surface area contributed by atoms with Gasteiger partial charge in [0.15, 0.2) is 0 Å². The van der Waals surface area contributed by atoms with Crippen LogP contribution in [0.3, 0.4) is 0 Å². The van der Waals surface area contributed by atoms with Gasteiger partial charge >= 0.3 is 0 Å². The fourth-order valence-corrected chi connectivity index (χ4v) is 1.44. The summed E-state index contributed by atoms with van der Waals surface area (Å²) in [6, 6.07) is 3.02. The summed E-state index contributed by atoms with van der Waals surface area (Å²) in [6.07, 6.45) is 1.46. The van der Waals surface area contributed by atoms with E-state index < -0.39 is 11.6 Å². The summed E-state index contributed by atoms with van der Waals surface area (Å²) in [7, 11) is 0. The molecule has 0 atom stereocenters. The second kappa shape index (κ2) is 5.53. The van der Waals surface area contributed by atoms with Gasteiger partial charge in [0.05, 0.1) is 25.0 Å². The smallest absolute Gasteiger partial charge is 0.234 e. The SMILES string of the molecule is NCC(=O)NCc1cn(-c2cc(F)cc(F)c2)nn1. The van der Waals surface area contributed by atoms with Crippen LogP contribution >= 0.6 is 0 Å². The Morgan fingerprint density at radius 1 is 1.32 bits per heavy atom. The Balaban J connectivity index is 2.14. The minimum absolute atomic E-state index is 0.122. The number of amides is 1. The van der Waals surface area contributed by atoms with Crippen molar-refractivity contribution in [1.82, 2.24) is 20.3 Å². The van der Waals surface area contributed by atoms with Gasteiger partial charge in [-0.25, -0.2) is 13.5 Å². The van der Waals surface area contributed by atoms with Crippen molar-refractivity contribution in [2.45, 2.75) is 6.54 Å². The third-order valence-electron chi connectivity index (χ3n) is 2.30. The molecule has 19 heavy (non-hydrogen) atoms. The fraction of sp³-hybridized carbons (Fsp3) is 0.182. The Kier molecular flexibility index (Phi) is 3.81. The molecule has 8 heteroatoms. The van der Waals surface area contributed by atoms with Crippen molar-refractivity contribution < 1.29 is 13.6 Å². The number of carbonyl (C=O) groups is 1. The zero-order valence-corrected chi connectivity index (χ0v) is 9.81. The zero-order chi connectivity index (χ0) is 13.8. The van der Waals surface area contributed by atoms with Crippen LogP contribution in [0.2, 0.25) is 0 Å². The van der Waals surface area contributed by atoms with Crippen molar-refractivity contribution in [3.05, 3.63) is 41.7 Å². The van der Waals surface area contributed by atoms with E-state index in [1.54, 1.807) is 0 Å². The first-order valence-corrected chi connectivity index (χ1v) is 5.43. The van der Waals surface area contributed by atoms with Gasteiger partial charge in [0.2, 0.25) is 5.91 Å². The van der Waals surface area contributed by atoms with E-state index in [9.17, 15) is 13.6 Å².